The highest BCUT2D eigenvalue weighted by atomic mass is 35.5. The van der Waals surface area contributed by atoms with Gasteiger partial charge in [0.15, 0.2) is 11.0 Å². The van der Waals surface area contributed by atoms with E-state index in [1.165, 1.54) is 6.33 Å². The van der Waals surface area contributed by atoms with Gasteiger partial charge in [-0.2, -0.15) is 0 Å². The zero-order valence-corrected chi connectivity index (χ0v) is 10.6. The lowest BCUT2D eigenvalue weighted by atomic mass is 10.1. The van der Waals surface area contributed by atoms with E-state index in [1.807, 2.05) is 4.90 Å². The van der Waals surface area contributed by atoms with Gasteiger partial charge in [0.05, 0.1) is 0 Å². The van der Waals surface area contributed by atoms with Gasteiger partial charge in [0.2, 0.25) is 5.91 Å². The number of rotatable bonds is 1. The first-order chi connectivity index (χ1) is 8.66. The number of hydrogen-bond acceptors (Lipinski definition) is 5. The molecule has 0 aromatic carbocycles. The fourth-order valence-electron chi connectivity index (χ4n) is 2.67. The van der Waals surface area contributed by atoms with E-state index in [-0.39, 0.29) is 17.1 Å². The molecule has 6 nitrogen and oxygen atoms in total. The van der Waals surface area contributed by atoms with Crippen LogP contribution in [0.2, 0.25) is 5.15 Å². The minimum absolute atomic E-state index is 0.258. The number of amides is 1. The molecule has 2 fully saturated rings. The first-order valence-corrected chi connectivity index (χ1v) is 6.35. The fraction of sp³-hybridized carbons (Fsp3) is 0.545. The monoisotopic (exact) mass is 267 g/mol. The molecule has 18 heavy (non-hydrogen) atoms. The Hall–Kier alpha value is -1.56. The van der Waals surface area contributed by atoms with Crippen molar-refractivity contribution < 1.29 is 4.79 Å². The second-order valence-corrected chi connectivity index (χ2v) is 4.99. The van der Waals surface area contributed by atoms with Gasteiger partial charge < -0.3 is 15.5 Å². The van der Waals surface area contributed by atoms with Crippen LogP contribution in [-0.2, 0) is 4.79 Å². The number of carbonyl (C=O) groups is 1. The Kier molecular flexibility index (Phi) is 2.74. The maximum Gasteiger partial charge on any atom is 0.223 e. The third-order valence-corrected chi connectivity index (χ3v) is 3.91. The van der Waals surface area contributed by atoms with E-state index in [1.54, 1.807) is 0 Å². The van der Waals surface area contributed by atoms with Crippen molar-refractivity contribution >= 4 is 29.0 Å². The molecule has 0 aliphatic carbocycles. The molecular weight excluding hydrogens is 254 g/mol. The summed E-state index contributed by atoms with van der Waals surface area (Å²) in [7, 11) is 0. The highest BCUT2D eigenvalue weighted by Gasteiger charge is 2.36. The van der Waals surface area contributed by atoms with E-state index >= 15 is 0 Å². The van der Waals surface area contributed by atoms with Gasteiger partial charge in [-0.3, -0.25) is 4.79 Å². The van der Waals surface area contributed by atoms with Gasteiger partial charge in [-0.05, 0) is 6.42 Å². The minimum atomic E-state index is 0.258. The first kappa shape index (κ1) is 11.5. The van der Waals surface area contributed by atoms with Crippen molar-refractivity contribution in [3.63, 3.8) is 0 Å². The van der Waals surface area contributed by atoms with Gasteiger partial charge in [0, 0.05) is 32.1 Å². The Balaban J connectivity index is 1.83. The van der Waals surface area contributed by atoms with Gasteiger partial charge in [0.1, 0.15) is 12.0 Å². The van der Waals surface area contributed by atoms with E-state index in [9.17, 15) is 4.79 Å². The molecule has 1 aromatic rings. The van der Waals surface area contributed by atoms with Crippen LogP contribution in [0.25, 0.3) is 0 Å². The van der Waals surface area contributed by atoms with Crippen molar-refractivity contribution in [2.45, 2.75) is 18.9 Å². The van der Waals surface area contributed by atoms with Crippen LogP contribution in [0.4, 0.5) is 11.5 Å². The number of nitrogens with zero attached hydrogens (tertiary/aromatic N) is 4. The maximum atomic E-state index is 11.6. The largest absolute Gasteiger partial charge is 0.393 e. The van der Waals surface area contributed by atoms with Crippen LogP contribution >= 0.6 is 11.6 Å². The van der Waals surface area contributed by atoms with E-state index in [0.717, 1.165) is 26.1 Å². The summed E-state index contributed by atoms with van der Waals surface area (Å²) in [4.78, 5) is 23.7. The molecule has 3 heterocycles. The average Bonchev–Trinajstić information content (AvgIpc) is 2.74. The summed E-state index contributed by atoms with van der Waals surface area (Å²) in [5.74, 6) is 0.933. The SMILES string of the molecule is Nc1c(Cl)ncnc1N1CCN2C(=O)CCC2C1. The zero-order valence-electron chi connectivity index (χ0n) is 9.84. The molecule has 1 aromatic heterocycles. The molecule has 2 N–H and O–H groups in total. The van der Waals surface area contributed by atoms with Crippen molar-refractivity contribution in [3.05, 3.63) is 11.5 Å². The van der Waals surface area contributed by atoms with E-state index < -0.39 is 0 Å². The number of nitrogen functional groups attached to an aromatic ring is 1. The molecule has 2 aliphatic heterocycles. The summed E-state index contributed by atoms with van der Waals surface area (Å²) >= 11 is 5.90. The first-order valence-electron chi connectivity index (χ1n) is 5.97. The molecule has 1 unspecified atom stereocenters. The van der Waals surface area contributed by atoms with Gasteiger partial charge in [-0.1, -0.05) is 11.6 Å². The lowest BCUT2D eigenvalue weighted by Crippen LogP contribution is -2.51. The molecule has 2 aliphatic rings. The maximum absolute atomic E-state index is 11.6. The van der Waals surface area contributed by atoms with Crippen LogP contribution < -0.4 is 10.6 Å². The average molecular weight is 268 g/mol. The topological polar surface area (TPSA) is 75.3 Å². The summed E-state index contributed by atoms with van der Waals surface area (Å²) in [6.45, 7) is 2.23. The highest BCUT2D eigenvalue weighted by molar-refractivity contribution is 6.32. The molecule has 2 saturated heterocycles. The van der Waals surface area contributed by atoms with Crippen LogP contribution in [0.5, 0.6) is 0 Å². The Morgan fingerprint density at radius 2 is 2.22 bits per heavy atom. The molecule has 1 amide bonds. The third-order valence-electron chi connectivity index (χ3n) is 3.61. The molecule has 0 spiro atoms. The smallest absolute Gasteiger partial charge is 0.223 e. The number of nitrogens with two attached hydrogens (primary N) is 1. The summed E-state index contributed by atoms with van der Waals surface area (Å²) < 4.78 is 0. The van der Waals surface area contributed by atoms with Crippen molar-refractivity contribution in [3.8, 4) is 0 Å². The summed E-state index contributed by atoms with van der Waals surface area (Å²) in [6.07, 6.45) is 2.98. The summed E-state index contributed by atoms with van der Waals surface area (Å²) in [5.41, 5.74) is 6.31. The molecular formula is C11H14ClN5O. The third kappa shape index (κ3) is 1.77. The summed E-state index contributed by atoms with van der Waals surface area (Å²) in [5, 5.41) is 0.282. The lowest BCUT2D eigenvalue weighted by Gasteiger charge is -2.38. The fourth-order valence-corrected chi connectivity index (χ4v) is 2.80. The van der Waals surface area contributed by atoms with Gasteiger partial charge in [-0.25, -0.2) is 9.97 Å². The molecule has 0 bridgehead atoms. The Labute approximate surface area is 110 Å². The Bertz CT molecular complexity index is 494. The van der Waals surface area contributed by atoms with Crippen LogP contribution in [-0.4, -0.2) is 46.5 Å². The minimum Gasteiger partial charge on any atom is -0.393 e. The standard InChI is InChI=1S/C11H14ClN5O/c12-10-9(13)11(15-6-14-10)16-3-4-17-7(5-16)1-2-8(17)18/h6-7H,1-5,13H2. The van der Waals surface area contributed by atoms with E-state index in [2.05, 4.69) is 14.9 Å². The molecule has 96 valence electrons. The molecule has 3 rings (SSSR count). The number of halogens is 1. The van der Waals surface area contributed by atoms with Crippen LogP contribution in [0.15, 0.2) is 6.33 Å². The van der Waals surface area contributed by atoms with E-state index in [4.69, 9.17) is 17.3 Å². The predicted molar refractivity (Wildman–Crippen MR) is 68.4 cm³/mol. The van der Waals surface area contributed by atoms with Crippen LogP contribution in [0.1, 0.15) is 12.8 Å². The highest BCUT2D eigenvalue weighted by Crippen LogP contribution is 2.30. The van der Waals surface area contributed by atoms with E-state index in [0.29, 0.717) is 17.9 Å². The van der Waals surface area contributed by atoms with Gasteiger partial charge >= 0.3 is 0 Å². The quantitative estimate of drug-likeness (QED) is 0.751. The predicted octanol–water partition coefficient (Wildman–Crippen LogP) is 0.523. The number of fused-ring (bicyclic) bond motifs is 1. The normalized spacial score (nSPS) is 23.4. The van der Waals surface area contributed by atoms with Crippen molar-refractivity contribution in [1.29, 1.82) is 0 Å². The summed E-state index contributed by atoms with van der Waals surface area (Å²) in [6, 6.07) is 0.277. The van der Waals surface area contributed by atoms with Crippen molar-refractivity contribution in [1.82, 2.24) is 14.9 Å². The van der Waals surface area contributed by atoms with Gasteiger partial charge in [0.25, 0.3) is 0 Å². The molecule has 0 radical (unpaired) electrons. The Morgan fingerprint density at radius 1 is 1.39 bits per heavy atom. The molecule has 1 atom stereocenters. The lowest BCUT2D eigenvalue weighted by molar-refractivity contribution is -0.129. The van der Waals surface area contributed by atoms with Gasteiger partial charge in [-0.15, -0.1) is 0 Å². The zero-order chi connectivity index (χ0) is 12.7. The Morgan fingerprint density at radius 3 is 3.06 bits per heavy atom. The second kappa shape index (κ2) is 4.28. The van der Waals surface area contributed by atoms with Crippen LogP contribution in [0, 0.1) is 0 Å². The van der Waals surface area contributed by atoms with Crippen molar-refractivity contribution in [2.75, 3.05) is 30.3 Å². The number of carbonyl (C=O) groups excluding carboxylic acids is 1. The number of anilines is 2. The second-order valence-electron chi connectivity index (χ2n) is 4.63. The molecule has 7 heteroatoms. The molecule has 0 saturated carbocycles. The van der Waals surface area contributed by atoms with Crippen molar-refractivity contribution in [2.24, 2.45) is 0 Å². The number of aromatic nitrogens is 2. The number of piperazine rings is 1. The number of hydrogen-bond donors (Lipinski definition) is 1. The van der Waals surface area contributed by atoms with Crippen LogP contribution in [0.3, 0.4) is 0 Å².